The van der Waals surface area contributed by atoms with Crippen LogP contribution >= 0.6 is 0 Å². The van der Waals surface area contributed by atoms with Gasteiger partial charge in [0.25, 0.3) is 0 Å². The number of rotatable bonds is 8. The van der Waals surface area contributed by atoms with E-state index in [1.165, 1.54) is 0 Å². The molecule has 1 aliphatic heterocycles. The van der Waals surface area contributed by atoms with Gasteiger partial charge in [-0.3, -0.25) is 4.79 Å². The number of aliphatic hydroxyl groups is 2. The van der Waals surface area contributed by atoms with Crippen molar-refractivity contribution >= 4 is 14.2 Å². The number of nitrogens with one attached hydrogen (secondary N) is 1. The molecule has 1 amide bonds. The van der Waals surface area contributed by atoms with Crippen molar-refractivity contribution in [3.8, 4) is 0 Å². The number of aliphatic hydroxyl groups excluding tert-OH is 2. The maximum absolute atomic E-state index is 11.9. The van der Waals surface area contributed by atoms with Crippen molar-refractivity contribution in [3.63, 3.8) is 0 Å². The van der Waals surface area contributed by atoms with Gasteiger partial charge in [0.05, 0.1) is 25.4 Å². The summed E-state index contributed by atoms with van der Waals surface area (Å²) in [6.45, 7) is 11.0. The van der Waals surface area contributed by atoms with Crippen molar-refractivity contribution in [3.05, 3.63) is 35.9 Å². The molecule has 1 aliphatic rings. The molecule has 1 aromatic rings. The van der Waals surface area contributed by atoms with Crippen LogP contribution in [0.25, 0.3) is 0 Å². The molecule has 1 fully saturated rings. The van der Waals surface area contributed by atoms with Crippen molar-refractivity contribution in [2.45, 2.75) is 82.7 Å². The van der Waals surface area contributed by atoms with Gasteiger partial charge in [-0.2, -0.15) is 0 Å². The predicted octanol–water partition coefficient (Wildman–Crippen LogP) is 2.59. The molecular formula is C21H35NO5Si. The average Bonchev–Trinajstić information content (AvgIpc) is 2.64. The first-order valence-corrected chi connectivity index (χ1v) is 12.9. The van der Waals surface area contributed by atoms with E-state index in [4.69, 9.17) is 9.16 Å². The van der Waals surface area contributed by atoms with E-state index in [0.29, 0.717) is 19.4 Å². The second kappa shape index (κ2) is 9.50. The lowest BCUT2D eigenvalue weighted by Crippen LogP contribution is -2.59. The third kappa shape index (κ3) is 6.12. The fourth-order valence-corrected chi connectivity index (χ4v) is 3.94. The molecule has 1 aromatic carbocycles. The van der Waals surface area contributed by atoms with Gasteiger partial charge >= 0.3 is 0 Å². The molecule has 7 heteroatoms. The molecule has 0 unspecified atom stereocenters. The minimum Gasteiger partial charge on any atom is -0.414 e. The SMILES string of the molecule is CC(C)(C)[Si](C)(C)OC[C@H](O)[C@H](O)[C@@H]1NC(=O)CC[C@H]1OCc1ccccc1. The summed E-state index contributed by atoms with van der Waals surface area (Å²) < 4.78 is 12.0. The van der Waals surface area contributed by atoms with Crippen molar-refractivity contribution in [1.82, 2.24) is 5.32 Å². The lowest BCUT2D eigenvalue weighted by molar-refractivity contribution is -0.135. The highest BCUT2D eigenvalue weighted by molar-refractivity contribution is 6.74. The zero-order valence-corrected chi connectivity index (χ0v) is 18.6. The third-order valence-corrected chi connectivity index (χ3v) is 10.4. The molecule has 2 rings (SSSR count). The molecule has 4 atom stereocenters. The highest BCUT2D eigenvalue weighted by atomic mass is 28.4. The molecule has 1 saturated heterocycles. The van der Waals surface area contributed by atoms with Crippen LogP contribution in [0.3, 0.4) is 0 Å². The topological polar surface area (TPSA) is 88.0 Å². The van der Waals surface area contributed by atoms with Gasteiger partial charge in [0.1, 0.15) is 12.2 Å². The van der Waals surface area contributed by atoms with Gasteiger partial charge in [0.15, 0.2) is 8.32 Å². The normalized spacial score (nSPS) is 23.2. The summed E-state index contributed by atoms with van der Waals surface area (Å²) in [4.78, 5) is 11.9. The molecule has 0 bridgehead atoms. The van der Waals surface area contributed by atoms with Crippen LogP contribution in [0, 0.1) is 0 Å². The van der Waals surface area contributed by atoms with Crippen molar-refractivity contribution in [1.29, 1.82) is 0 Å². The highest BCUT2D eigenvalue weighted by Gasteiger charge is 2.41. The van der Waals surface area contributed by atoms with Crippen LogP contribution in [0.5, 0.6) is 0 Å². The van der Waals surface area contributed by atoms with Gasteiger partial charge in [-0.25, -0.2) is 0 Å². The summed E-state index contributed by atoms with van der Waals surface area (Å²) in [6.07, 6.45) is -1.76. The summed E-state index contributed by atoms with van der Waals surface area (Å²) >= 11 is 0. The summed E-state index contributed by atoms with van der Waals surface area (Å²) in [5, 5.41) is 24.1. The van der Waals surface area contributed by atoms with E-state index in [1.807, 2.05) is 30.3 Å². The van der Waals surface area contributed by atoms with E-state index >= 15 is 0 Å². The Bertz CT molecular complexity index is 631. The van der Waals surface area contributed by atoms with E-state index in [-0.39, 0.29) is 23.7 Å². The van der Waals surface area contributed by atoms with Crippen LogP contribution in [0.1, 0.15) is 39.2 Å². The van der Waals surface area contributed by atoms with Crippen LogP contribution in [0.15, 0.2) is 30.3 Å². The number of benzene rings is 1. The zero-order chi connectivity index (χ0) is 20.9. The van der Waals surface area contributed by atoms with E-state index < -0.39 is 26.6 Å². The molecule has 0 aliphatic carbocycles. The van der Waals surface area contributed by atoms with Crippen LogP contribution < -0.4 is 5.32 Å². The number of hydrogen-bond acceptors (Lipinski definition) is 5. The predicted molar refractivity (Wildman–Crippen MR) is 111 cm³/mol. The molecule has 0 radical (unpaired) electrons. The smallest absolute Gasteiger partial charge is 0.220 e. The van der Waals surface area contributed by atoms with E-state index in [1.54, 1.807) is 0 Å². The van der Waals surface area contributed by atoms with Gasteiger partial charge in [0, 0.05) is 6.42 Å². The standard InChI is InChI=1S/C21H35NO5Si/c1-21(2,3)28(4,5)27-14-16(23)20(25)19-17(11-12-18(24)22-19)26-13-15-9-7-6-8-10-15/h6-10,16-17,19-20,23,25H,11-14H2,1-5H3,(H,22,24)/t16-,17+,19+,20-/m0/s1. The molecule has 6 nitrogen and oxygen atoms in total. The van der Waals surface area contributed by atoms with Gasteiger partial charge in [-0.15, -0.1) is 0 Å². The molecule has 0 aromatic heterocycles. The molecular weight excluding hydrogens is 374 g/mol. The Labute approximate surface area is 169 Å². The van der Waals surface area contributed by atoms with Crippen LogP contribution in [-0.2, 0) is 20.6 Å². The fourth-order valence-electron chi connectivity index (χ4n) is 2.92. The van der Waals surface area contributed by atoms with E-state index in [2.05, 4.69) is 39.2 Å². The average molecular weight is 410 g/mol. The van der Waals surface area contributed by atoms with Gasteiger partial charge < -0.3 is 24.7 Å². The van der Waals surface area contributed by atoms with Crippen molar-refractivity contribution in [2.24, 2.45) is 0 Å². The largest absolute Gasteiger partial charge is 0.414 e. The monoisotopic (exact) mass is 409 g/mol. The zero-order valence-electron chi connectivity index (χ0n) is 17.6. The summed E-state index contributed by atoms with van der Waals surface area (Å²) in [7, 11) is -2.04. The fraction of sp³-hybridized carbons (Fsp3) is 0.667. The molecule has 1 heterocycles. The summed E-state index contributed by atoms with van der Waals surface area (Å²) in [6, 6.07) is 9.09. The summed E-state index contributed by atoms with van der Waals surface area (Å²) in [5.74, 6) is -0.138. The minimum atomic E-state index is -2.04. The second-order valence-electron chi connectivity index (χ2n) is 9.10. The van der Waals surface area contributed by atoms with Crippen LogP contribution in [-0.4, -0.2) is 55.4 Å². The molecule has 158 valence electrons. The Balaban J connectivity index is 1.98. The van der Waals surface area contributed by atoms with Crippen LogP contribution in [0.4, 0.5) is 0 Å². The van der Waals surface area contributed by atoms with E-state index in [9.17, 15) is 15.0 Å². The molecule has 3 N–H and O–H groups in total. The maximum atomic E-state index is 11.9. The number of carbonyl (C=O) groups is 1. The van der Waals surface area contributed by atoms with Gasteiger partial charge in [-0.05, 0) is 30.1 Å². The number of piperidine rings is 1. The lowest BCUT2D eigenvalue weighted by atomic mass is 9.93. The third-order valence-electron chi connectivity index (χ3n) is 5.87. The molecule has 0 saturated carbocycles. The minimum absolute atomic E-state index is 0.0120. The van der Waals surface area contributed by atoms with Gasteiger partial charge in [-0.1, -0.05) is 51.1 Å². The first kappa shape index (κ1) is 23.0. The summed E-state index contributed by atoms with van der Waals surface area (Å²) in [5.41, 5.74) is 1.02. The Morgan fingerprint density at radius 1 is 1.21 bits per heavy atom. The van der Waals surface area contributed by atoms with Gasteiger partial charge in [0.2, 0.25) is 5.91 Å². The maximum Gasteiger partial charge on any atom is 0.220 e. The molecule has 28 heavy (non-hydrogen) atoms. The second-order valence-corrected chi connectivity index (χ2v) is 13.9. The Kier molecular flexibility index (Phi) is 7.81. The number of amides is 1. The Hall–Kier alpha value is -1.25. The Morgan fingerprint density at radius 3 is 2.46 bits per heavy atom. The van der Waals surface area contributed by atoms with E-state index in [0.717, 1.165) is 5.56 Å². The number of carbonyl (C=O) groups excluding carboxylic acids is 1. The first-order valence-electron chi connectivity index (χ1n) is 9.96. The first-order chi connectivity index (χ1) is 13.0. The van der Waals surface area contributed by atoms with Crippen LogP contribution in [0.2, 0.25) is 18.1 Å². The number of hydrogen-bond donors (Lipinski definition) is 3. The number of ether oxygens (including phenoxy) is 1. The Morgan fingerprint density at radius 2 is 1.86 bits per heavy atom. The lowest BCUT2D eigenvalue weighted by Gasteiger charge is -2.39. The quantitative estimate of drug-likeness (QED) is 0.575. The van der Waals surface area contributed by atoms with Crippen molar-refractivity contribution < 1.29 is 24.2 Å². The highest BCUT2D eigenvalue weighted by Crippen LogP contribution is 2.36. The molecule has 0 spiro atoms. The van der Waals surface area contributed by atoms with Crippen molar-refractivity contribution in [2.75, 3.05) is 6.61 Å².